The zero-order valence-electron chi connectivity index (χ0n) is 15.4. The van der Waals surface area contributed by atoms with Crippen molar-refractivity contribution in [2.24, 2.45) is 5.10 Å². The fraction of sp³-hybridized carbons (Fsp3) is 0.250. The fourth-order valence-electron chi connectivity index (χ4n) is 2.40. The Labute approximate surface area is 158 Å². The first kappa shape index (κ1) is 18.4. The number of ether oxygens (including phenoxy) is 3. The van der Waals surface area contributed by atoms with Crippen LogP contribution >= 0.6 is 0 Å². The molecule has 0 saturated heterocycles. The number of hydrogen-bond acceptors (Lipinski definition) is 6. The molecule has 0 aliphatic rings. The van der Waals surface area contributed by atoms with Gasteiger partial charge in [0.1, 0.15) is 31.6 Å². The van der Waals surface area contributed by atoms with E-state index >= 15 is 0 Å². The molecule has 0 N–H and O–H groups in total. The number of benzene rings is 2. The predicted molar refractivity (Wildman–Crippen MR) is 103 cm³/mol. The monoisotopic (exact) mass is 366 g/mol. The second-order valence-electron chi connectivity index (χ2n) is 5.69. The van der Waals surface area contributed by atoms with Gasteiger partial charge in [-0.25, -0.2) is 4.68 Å². The molecule has 0 aliphatic carbocycles. The van der Waals surface area contributed by atoms with E-state index in [-0.39, 0.29) is 0 Å². The molecule has 0 amide bonds. The molecule has 7 nitrogen and oxygen atoms in total. The van der Waals surface area contributed by atoms with E-state index in [0.717, 1.165) is 16.9 Å². The Balaban J connectivity index is 1.59. The summed E-state index contributed by atoms with van der Waals surface area (Å²) in [6.45, 7) is 5.37. The number of aromatic nitrogens is 3. The number of aryl methyl sites for hydroxylation is 1. The highest BCUT2D eigenvalue weighted by Crippen LogP contribution is 2.28. The molecule has 0 radical (unpaired) electrons. The first-order valence-corrected chi connectivity index (χ1v) is 8.73. The van der Waals surface area contributed by atoms with Gasteiger partial charge >= 0.3 is 0 Å². The van der Waals surface area contributed by atoms with E-state index in [2.05, 4.69) is 15.3 Å². The molecule has 0 aliphatic heterocycles. The van der Waals surface area contributed by atoms with Crippen LogP contribution in [-0.4, -0.2) is 40.9 Å². The maximum Gasteiger partial charge on any atom is 0.161 e. The molecule has 0 unspecified atom stereocenters. The van der Waals surface area contributed by atoms with Crippen molar-refractivity contribution in [3.05, 3.63) is 66.2 Å². The second kappa shape index (κ2) is 9.38. The molecule has 7 heteroatoms. The Morgan fingerprint density at radius 2 is 1.67 bits per heavy atom. The molecule has 0 saturated carbocycles. The van der Waals surface area contributed by atoms with Crippen molar-refractivity contribution in [3.63, 3.8) is 0 Å². The van der Waals surface area contributed by atoms with Gasteiger partial charge in [-0.15, -0.1) is 10.2 Å². The molecule has 27 heavy (non-hydrogen) atoms. The summed E-state index contributed by atoms with van der Waals surface area (Å²) in [6.07, 6.45) is 4.74. The first-order valence-electron chi connectivity index (χ1n) is 8.73. The van der Waals surface area contributed by atoms with Crippen molar-refractivity contribution in [1.82, 2.24) is 14.9 Å². The Bertz CT molecular complexity index is 879. The van der Waals surface area contributed by atoms with Gasteiger partial charge in [0, 0.05) is 0 Å². The molecule has 1 aromatic heterocycles. The maximum atomic E-state index is 5.84. The van der Waals surface area contributed by atoms with Gasteiger partial charge < -0.3 is 14.2 Å². The minimum Gasteiger partial charge on any atom is -0.490 e. The predicted octanol–water partition coefficient (Wildman–Crippen LogP) is 3.33. The number of rotatable bonds is 9. The third kappa shape index (κ3) is 5.31. The minimum atomic E-state index is 0.419. The minimum absolute atomic E-state index is 0.419. The maximum absolute atomic E-state index is 5.84. The Hall–Kier alpha value is -3.35. The second-order valence-corrected chi connectivity index (χ2v) is 5.69. The van der Waals surface area contributed by atoms with Gasteiger partial charge in [0.15, 0.2) is 11.5 Å². The summed E-state index contributed by atoms with van der Waals surface area (Å²) in [5.41, 5.74) is 1.99. The smallest absolute Gasteiger partial charge is 0.161 e. The van der Waals surface area contributed by atoms with Crippen molar-refractivity contribution >= 4 is 6.21 Å². The fourth-order valence-corrected chi connectivity index (χ4v) is 2.40. The van der Waals surface area contributed by atoms with E-state index in [9.17, 15) is 0 Å². The highest BCUT2D eigenvalue weighted by molar-refractivity contribution is 5.80. The van der Waals surface area contributed by atoms with Crippen molar-refractivity contribution in [2.75, 3.05) is 19.8 Å². The third-order valence-electron chi connectivity index (χ3n) is 3.71. The van der Waals surface area contributed by atoms with Gasteiger partial charge in [0.05, 0.1) is 12.8 Å². The van der Waals surface area contributed by atoms with Crippen molar-refractivity contribution < 1.29 is 14.2 Å². The summed E-state index contributed by atoms with van der Waals surface area (Å²) in [5, 5.41) is 11.6. The van der Waals surface area contributed by atoms with Crippen LogP contribution < -0.4 is 14.2 Å². The Morgan fingerprint density at radius 3 is 2.41 bits per heavy atom. The molecule has 3 aromatic rings. The van der Waals surface area contributed by atoms with Crippen molar-refractivity contribution in [2.45, 2.75) is 13.8 Å². The summed E-state index contributed by atoms with van der Waals surface area (Å²) in [4.78, 5) is 0. The summed E-state index contributed by atoms with van der Waals surface area (Å²) in [5.74, 6) is 2.21. The highest BCUT2D eigenvalue weighted by Gasteiger charge is 2.06. The number of para-hydroxylation sites is 1. The standard InChI is InChI=1S/C20H22N4O3/c1-3-25-20-12-17(13-23-24-14-21-22-15-24)8-9-19(20)27-11-10-26-18-7-5-4-6-16(18)2/h4-9,12-15H,3,10-11H2,1-2H3. The number of nitrogens with zero attached hydrogens (tertiary/aromatic N) is 4. The van der Waals surface area contributed by atoms with Gasteiger partial charge in [-0.05, 0) is 49.2 Å². The van der Waals surface area contributed by atoms with Crippen LogP contribution in [0.15, 0.2) is 60.2 Å². The summed E-state index contributed by atoms with van der Waals surface area (Å²) < 4.78 is 18.8. The van der Waals surface area contributed by atoms with Crippen LogP contribution in [0.25, 0.3) is 0 Å². The van der Waals surface area contributed by atoms with Crippen LogP contribution in [0.3, 0.4) is 0 Å². The molecular weight excluding hydrogens is 344 g/mol. The van der Waals surface area contributed by atoms with Crippen LogP contribution in [0.5, 0.6) is 17.2 Å². The van der Waals surface area contributed by atoms with Crippen LogP contribution in [0.2, 0.25) is 0 Å². The van der Waals surface area contributed by atoms with Gasteiger partial charge in [0.2, 0.25) is 0 Å². The van der Waals surface area contributed by atoms with Crippen LogP contribution in [0.4, 0.5) is 0 Å². The first-order chi connectivity index (χ1) is 13.3. The van der Waals surface area contributed by atoms with E-state index in [4.69, 9.17) is 14.2 Å². The Kier molecular flexibility index (Phi) is 6.40. The van der Waals surface area contributed by atoms with E-state index in [1.54, 1.807) is 6.21 Å². The topological polar surface area (TPSA) is 70.8 Å². The van der Waals surface area contributed by atoms with Crippen LogP contribution in [0.1, 0.15) is 18.1 Å². The van der Waals surface area contributed by atoms with Gasteiger partial charge in [-0.3, -0.25) is 0 Å². The molecule has 0 spiro atoms. The van der Waals surface area contributed by atoms with Gasteiger partial charge in [-0.2, -0.15) is 5.10 Å². The summed E-state index contributed by atoms with van der Waals surface area (Å²) >= 11 is 0. The van der Waals surface area contributed by atoms with E-state index < -0.39 is 0 Å². The zero-order chi connectivity index (χ0) is 18.9. The van der Waals surface area contributed by atoms with Crippen molar-refractivity contribution in [1.29, 1.82) is 0 Å². The lowest BCUT2D eigenvalue weighted by Crippen LogP contribution is -2.10. The molecule has 140 valence electrons. The zero-order valence-corrected chi connectivity index (χ0v) is 15.4. The molecule has 0 atom stereocenters. The normalized spacial score (nSPS) is 10.9. The van der Waals surface area contributed by atoms with Gasteiger partial charge in [-0.1, -0.05) is 18.2 Å². The highest BCUT2D eigenvalue weighted by atomic mass is 16.5. The molecule has 1 heterocycles. The van der Waals surface area contributed by atoms with Gasteiger partial charge in [0.25, 0.3) is 0 Å². The average Bonchev–Trinajstić information content (AvgIpc) is 3.20. The SMILES string of the molecule is CCOc1cc(C=Nn2cnnc2)ccc1OCCOc1ccccc1C. The lowest BCUT2D eigenvalue weighted by atomic mass is 10.2. The summed E-state index contributed by atoms with van der Waals surface area (Å²) in [7, 11) is 0. The number of hydrogen-bond donors (Lipinski definition) is 0. The Morgan fingerprint density at radius 1 is 0.926 bits per heavy atom. The van der Waals surface area contributed by atoms with Crippen LogP contribution in [-0.2, 0) is 0 Å². The van der Waals surface area contributed by atoms with E-state index in [1.165, 1.54) is 17.3 Å². The van der Waals surface area contributed by atoms with Crippen LogP contribution in [0, 0.1) is 6.92 Å². The van der Waals surface area contributed by atoms with E-state index in [1.807, 2.05) is 56.3 Å². The molecule has 0 fully saturated rings. The lowest BCUT2D eigenvalue weighted by molar-refractivity contribution is 0.207. The molecule has 2 aromatic carbocycles. The quantitative estimate of drug-likeness (QED) is 0.429. The third-order valence-corrected chi connectivity index (χ3v) is 3.71. The molecule has 3 rings (SSSR count). The summed E-state index contributed by atoms with van der Waals surface area (Å²) in [6, 6.07) is 13.6. The molecular formula is C20H22N4O3. The lowest BCUT2D eigenvalue weighted by Gasteiger charge is -2.13. The largest absolute Gasteiger partial charge is 0.490 e. The van der Waals surface area contributed by atoms with Crippen molar-refractivity contribution in [3.8, 4) is 17.2 Å². The van der Waals surface area contributed by atoms with E-state index in [0.29, 0.717) is 31.3 Å². The average molecular weight is 366 g/mol. The molecule has 0 bridgehead atoms.